The number of hydrogen-bond donors (Lipinski definition) is 5. The van der Waals surface area contributed by atoms with Gasteiger partial charge in [0.05, 0.1) is 6.33 Å². The summed E-state index contributed by atoms with van der Waals surface area (Å²) in [7, 11) is 0. The van der Waals surface area contributed by atoms with E-state index in [1.165, 1.54) is 10.9 Å². The Morgan fingerprint density at radius 2 is 2.16 bits per heavy atom. The van der Waals surface area contributed by atoms with Crippen LogP contribution in [0.2, 0.25) is 0 Å². The Bertz CT molecular complexity index is 851. The highest BCUT2D eigenvalue weighted by Gasteiger charge is 2.41. The lowest BCUT2D eigenvalue weighted by Gasteiger charge is -2.22. The minimum atomic E-state index is -2.95. The van der Waals surface area contributed by atoms with Gasteiger partial charge in [-0.05, 0) is 12.8 Å². The van der Waals surface area contributed by atoms with E-state index >= 15 is 0 Å². The maximum Gasteiger partial charge on any atom is 0.303 e. The van der Waals surface area contributed by atoms with Crippen LogP contribution in [-0.4, -0.2) is 52.8 Å². The Morgan fingerprint density at radius 1 is 1.44 bits per heavy atom. The maximum absolute atomic E-state index is 12.1. The van der Waals surface area contributed by atoms with Gasteiger partial charge in [-0.2, -0.15) is 4.98 Å². The normalized spacial score (nSPS) is 21.2. The van der Waals surface area contributed by atoms with Gasteiger partial charge in [0, 0.05) is 5.92 Å². The van der Waals surface area contributed by atoms with Gasteiger partial charge in [-0.1, -0.05) is 13.8 Å². The van der Waals surface area contributed by atoms with E-state index < -0.39 is 23.9 Å². The average Bonchev–Trinajstić information content (AvgIpc) is 3.12. The number of nitrogens with zero attached hydrogens (tertiary/aromatic N) is 3. The summed E-state index contributed by atoms with van der Waals surface area (Å²) < 4.78 is 6.86. The van der Waals surface area contributed by atoms with Crippen molar-refractivity contribution in [2.45, 2.75) is 45.0 Å². The van der Waals surface area contributed by atoms with Crippen molar-refractivity contribution in [3.8, 4) is 0 Å². The van der Waals surface area contributed by atoms with E-state index in [9.17, 15) is 24.9 Å². The number of imidazole rings is 1. The molecule has 136 valence electrons. The monoisotopic (exact) mass is 353 g/mol. The highest BCUT2D eigenvalue weighted by molar-refractivity contribution is 5.91. The van der Waals surface area contributed by atoms with E-state index in [-0.39, 0.29) is 35.4 Å². The van der Waals surface area contributed by atoms with Gasteiger partial charge in [-0.15, -0.1) is 0 Å². The number of nitrogens with one attached hydrogen (secondary N) is 2. The summed E-state index contributed by atoms with van der Waals surface area (Å²) in [5, 5.41) is 30.2. The van der Waals surface area contributed by atoms with Crippen LogP contribution in [0.1, 0.15) is 32.9 Å². The van der Waals surface area contributed by atoms with Crippen LogP contribution in [-0.2, 0) is 9.53 Å². The minimum absolute atomic E-state index is 0.0201. The molecule has 0 spiro atoms. The molecule has 2 unspecified atom stereocenters. The summed E-state index contributed by atoms with van der Waals surface area (Å²) in [6, 6.07) is 0. The number of aliphatic hydroxyl groups is 3. The molecule has 25 heavy (non-hydrogen) atoms. The molecule has 3 rings (SSSR count). The first kappa shape index (κ1) is 17.5. The van der Waals surface area contributed by atoms with E-state index in [4.69, 9.17) is 4.74 Å². The van der Waals surface area contributed by atoms with E-state index in [1.807, 2.05) is 0 Å². The van der Waals surface area contributed by atoms with Crippen LogP contribution in [0.5, 0.6) is 0 Å². The molecule has 2 aromatic heterocycles. The molecule has 5 N–H and O–H groups in total. The second kappa shape index (κ2) is 6.19. The van der Waals surface area contributed by atoms with Gasteiger partial charge in [0.2, 0.25) is 11.9 Å². The summed E-state index contributed by atoms with van der Waals surface area (Å²) in [6.45, 7) is 3.40. The van der Waals surface area contributed by atoms with E-state index in [1.54, 1.807) is 13.8 Å². The third-order valence-electron chi connectivity index (χ3n) is 3.94. The summed E-state index contributed by atoms with van der Waals surface area (Å²) in [4.78, 5) is 34.5. The van der Waals surface area contributed by atoms with Crippen LogP contribution in [0.4, 0.5) is 5.95 Å². The fourth-order valence-corrected chi connectivity index (χ4v) is 2.57. The Morgan fingerprint density at radius 3 is 2.76 bits per heavy atom. The van der Waals surface area contributed by atoms with Crippen molar-refractivity contribution in [3.05, 3.63) is 16.7 Å². The first-order chi connectivity index (χ1) is 11.7. The van der Waals surface area contributed by atoms with Crippen LogP contribution in [0.3, 0.4) is 0 Å². The fraction of sp³-hybridized carbons (Fsp3) is 0.571. The number of amides is 1. The molecule has 0 aromatic carbocycles. The van der Waals surface area contributed by atoms with E-state index in [0.717, 1.165) is 0 Å². The zero-order valence-electron chi connectivity index (χ0n) is 13.6. The van der Waals surface area contributed by atoms with Crippen molar-refractivity contribution < 1.29 is 24.9 Å². The van der Waals surface area contributed by atoms with Gasteiger partial charge in [0.15, 0.2) is 11.2 Å². The van der Waals surface area contributed by atoms with Crippen LogP contribution < -0.4 is 10.9 Å². The lowest BCUT2D eigenvalue weighted by molar-refractivity contribution is -0.360. The molecule has 0 radical (unpaired) electrons. The Hall–Kier alpha value is -2.34. The van der Waals surface area contributed by atoms with Crippen LogP contribution in [0, 0.1) is 5.92 Å². The highest BCUT2D eigenvalue weighted by Crippen LogP contribution is 2.33. The standard InChI is InChI=1S/C14H19N5O6/c1-6(2)11(20)17-13-16-10-9(12(21)18-13)15-5-19(10)8-4-3-7(25-8)14(22,23)24/h5-8,22-24H,3-4H2,1-2H3,(H2,16,17,18,20,21). The van der Waals surface area contributed by atoms with E-state index in [2.05, 4.69) is 20.3 Å². The van der Waals surface area contributed by atoms with Crippen molar-refractivity contribution >= 4 is 23.0 Å². The maximum atomic E-state index is 12.1. The molecule has 3 heterocycles. The molecule has 2 aromatic rings. The Balaban J connectivity index is 1.94. The second-order valence-electron chi connectivity index (χ2n) is 6.23. The molecule has 1 fully saturated rings. The predicted octanol–water partition coefficient (Wildman–Crippen LogP) is -0.978. The first-order valence-corrected chi connectivity index (χ1v) is 7.77. The molecule has 1 aliphatic rings. The number of H-pyrrole nitrogens is 1. The molecule has 11 heteroatoms. The molecule has 1 saturated heterocycles. The summed E-state index contributed by atoms with van der Waals surface area (Å²) in [5.74, 6) is -3.58. The summed E-state index contributed by atoms with van der Waals surface area (Å²) in [5.41, 5.74) is -0.302. The third-order valence-corrected chi connectivity index (χ3v) is 3.94. The topological polar surface area (TPSA) is 163 Å². The lowest BCUT2D eigenvalue weighted by Crippen LogP contribution is -2.41. The number of anilines is 1. The number of ether oxygens (including phenoxy) is 1. The largest absolute Gasteiger partial charge is 0.346 e. The number of hydrogen-bond acceptors (Lipinski definition) is 8. The number of aromatic amines is 1. The van der Waals surface area contributed by atoms with Gasteiger partial charge in [0.1, 0.15) is 12.3 Å². The van der Waals surface area contributed by atoms with Crippen LogP contribution in [0.25, 0.3) is 11.2 Å². The van der Waals surface area contributed by atoms with Crippen LogP contribution in [0.15, 0.2) is 11.1 Å². The van der Waals surface area contributed by atoms with Gasteiger partial charge in [0.25, 0.3) is 5.56 Å². The molecule has 0 bridgehead atoms. The van der Waals surface area contributed by atoms with Crippen molar-refractivity contribution in [3.63, 3.8) is 0 Å². The fourth-order valence-electron chi connectivity index (χ4n) is 2.57. The third kappa shape index (κ3) is 3.39. The van der Waals surface area contributed by atoms with Gasteiger partial charge >= 0.3 is 5.97 Å². The van der Waals surface area contributed by atoms with Gasteiger partial charge < -0.3 is 20.1 Å². The number of fused-ring (bicyclic) bond motifs is 1. The molecule has 1 amide bonds. The van der Waals surface area contributed by atoms with Crippen LogP contribution >= 0.6 is 0 Å². The number of aromatic nitrogens is 4. The van der Waals surface area contributed by atoms with Crippen molar-refractivity contribution in [1.29, 1.82) is 0 Å². The summed E-state index contributed by atoms with van der Waals surface area (Å²) >= 11 is 0. The minimum Gasteiger partial charge on any atom is -0.346 e. The van der Waals surface area contributed by atoms with Gasteiger partial charge in [-0.25, -0.2) is 4.98 Å². The SMILES string of the molecule is CC(C)C(=O)Nc1nc2c(ncn2C2CCC(C(O)(O)O)O2)c(=O)[nH]1. The quantitative estimate of drug-likeness (QED) is 0.438. The number of rotatable bonds is 4. The molecular weight excluding hydrogens is 334 g/mol. The Labute approximate surface area is 141 Å². The number of carbonyl (C=O) groups excluding carboxylic acids is 1. The zero-order chi connectivity index (χ0) is 18.4. The molecule has 0 saturated carbocycles. The first-order valence-electron chi connectivity index (χ1n) is 7.77. The highest BCUT2D eigenvalue weighted by atomic mass is 16.7. The second-order valence-corrected chi connectivity index (χ2v) is 6.23. The molecule has 0 aliphatic carbocycles. The summed E-state index contributed by atoms with van der Waals surface area (Å²) in [6.07, 6.45) is -0.0156. The molecular formula is C14H19N5O6. The van der Waals surface area contributed by atoms with E-state index in [0.29, 0.717) is 6.42 Å². The average molecular weight is 353 g/mol. The van der Waals surface area contributed by atoms with Crippen molar-refractivity contribution in [1.82, 2.24) is 19.5 Å². The number of carbonyl (C=O) groups is 1. The molecule has 1 aliphatic heterocycles. The smallest absolute Gasteiger partial charge is 0.303 e. The van der Waals surface area contributed by atoms with Crippen molar-refractivity contribution in [2.24, 2.45) is 5.92 Å². The zero-order valence-corrected chi connectivity index (χ0v) is 13.6. The van der Waals surface area contributed by atoms with Crippen molar-refractivity contribution in [2.75, 3.05) is 5.32 Å². The Kier molecular flexibility index (Phi) is 4.33. The predicted molar refractivity (Wildman–Crippen MR) is 84.1 cm³/mol. The van der Waals surface area contributed by atoms with Gasteiger partial charge in [-0.3, -0.25) is 24.5 Å². The molecule has 11 nitrogen and oxygen atoms in total. The molecule has 2 atom stereocenters. The lowest BCUT2D eigenvalue weighted by atomic mass is 10.2.